The van der Waals surface area contributed by atoms with Crippen LogP contribution in [0.15, 0.2) is 36.4 Å². The van der Waals surface area contributed by atoms with E-state index in [0.29, 0.717) is 4.88 Å². The summed E-state index contributed by atoms with van der Waals surface area (Å²) in [6.45, 7) is 1.74. The second kappa shape index (κ2) is 8.30. The van der Waals surface area contributed by atoms with Crippen molar-refractivity contribution in [2.24, 2.45) is 0 Å². The van der Waals surface area contributed by atoms with Gasteiger partial charge in [0, 0.05) is 10.9 Å². The van der Waals surface area contributed by atoms with E-state index in [-0.39, 0.29) is 18.6 Å². The number of aryl methyl sites for hydroxylation is 3. The van der Waals surface area contributed by atoms with Crippen LogP contribution < -0.4 is 5.32 Å². The Hall–Kier alpha value is -2.14. The van der Waals surface area contributed by atoms with Gasteiger partial charge in [-0.15, -0.1) is 11.3 Å². The number of hydrogen-bond donors (Lipinski definition) is 1. The van der Waals surface area contributed by atoms with Gasteiger partial charge in [0.2, 0.25) is 0 Å². The summed E-state index contributed by atoms with van der Waals surface area (Å²) >= 11 is 1.50. The van der Waals surface area contributed by atoms with Crippen LogP contribution in [0, 0.1) is 0 Å². The van der Waals surface area contributed by atoms with Crippen LogP contribution in [-0.4, -0.2) is 24.5 Å². The Morgan fingerprint density at radius 3 is 2.80 bits per heavy atom. The van der Waals surface area contributed by atoms with E-state index in [1.165, 1.54) is 33.8 Å². The number of benzene rings is 1. The second-order valence-electron chi connectivity index (χ2n) is 6.48. The zero-order valence-corrected chi connectivity index (χ0v) is 15.2. The molecule has 2 aromatic rings. The highest BCUT2D eigenvalue weighted by Crippen LogP contribution is 2.30. The lowest BCUT2D eigenvalue weighted by molar-refractivity contribution is -0.124. The molecule has 1 amide bonds. The maximum Gasteiger partial charge on any atom is 0.348 e. The van der Waals surface area contributed by atoms with Crippen LogP contribution in [0.3, 0.4) is 0 Å². The molecule has 0 saturated carbocycles. The number of hydrogen-bond acceptors (Lipinski definition) is 4. The van der Waals surface area contributed by atoms with Gasteiger partial charge in [0.05, 0.1) is 0 Å². The van der Waals surface area contributed by atoms with E-state index in [1.54, 1.807) is 0 Å². The predicted molar refractivity (Wildman–Crippen MR) is 99.0 cm³/mol. The van der Waals surface area contributed by atoms with E-state index < -0.39 is 5.97 Å². The summed E-state index contributed by atoms with van der Waals surface area (Å²) < 4.78 is 5.15. The Morgan fingerprint density at radius 1 is 1.24 bits per heavy atom. The van der Waals surface area contributed by atoms with Crippen molar-refractivity contribution in [3.05, 3.63) is 57.3 Å². The zero-order chi connectivity index (χ0) is 17.6. The molecule has 1 aromatic heterocycles. The van der Waals surface area contributed by atoms with Gasteiger partial charge in [0.1, 0.15) is 4.88 Å². The molecule has 0 bridgehead atoms. The van der Waals surface area contributed by atoms with Gasteiger partial charge in [0.15, 0.2) is 6.61 Å². The molecule has 3 rings (SSSR count). The van der Waals surface area contributed by atoms with E-state index in [9.17, 15) is 9.59 Å². The molecule has 0 aliphatic heterocycles. The van der Waals surface area contributed by atoms with Crippen molar-refractivity contribution in [2.75, 3.05) is 6.61 Å². The normalized spacial score (nSPS) is 14.0. The first-order valence-electron chi connectivity index (χ1n) is 8.74. The Balaban J connectivity index is 1.39. The van der Waals surface area contributed by atoms with Crippen molar-refractivity contribution in [1.29, 1.82) is 0 Å². The first-order valence-corrected chi connectivity index (χ1v) is 9.55. The number of rotatable bonds is 7. The van der Waals surface area contributed by atoms with Crippen molar-refractivity contribution in [3.8, 4) is 0 Å². The van der Waals surface area contributed by atoms with Crippen molar-refractivity contribution >= 4 is 23.2 Å². The highest BCUT2D eigenvalue weighted by Gasteiger charge is 2.20. The zero-order valence-electron chi connectivity index (χ0n) is 14.4. The van der Waals surface area contributed by atoms with E-state index in [1.807, 2.05) is 31.2 Å². The molecule has 132 valence electrons. The van der Waals surface area contributed by atoms with Gasteiger partial charge in [-0.25, -0.2) is 4.79 Å². The van der Waals surface area contributed by atoms with Gasteiger partial charge in [-0.3, -0.25) is 4.79 Å². The van der Waals surface area contributed by atoms with Gasteiger partial charge < -0.3 is 10.1 Å². The molecule has 1 aliphatic rings. The number of fused-ring (bicyclic) bond motifs is 1. The molecule has 25 heavy (non-hydrogen) atoms. The van der Waals surface area contributed by atoms with Gasteiger partial charge in [0.25, 0.3) is 5.91 Å². The predicted octanol–water partition coefficient (Wildman–Crippen LogP) is 3.53. The molecular formula is C20H23NO3S. The lowest BCUT2D eigenvalue weighted by Gasteiger charge is -2.13. The van der Waals surface area contributed by atoms with E-state index in [2.05, 4.69) is 17.4 Å². The van der Waals surface area contributed by atoms with Crippen molar-refractivity contribution in [2.45, 2.75) is 45.1 Å². The lowest BCUT2D eigenvalue weighted by atomic mass is 10.1. The minimum absolute atomic E-state index is 0.0388. The minimum atomic E-state index is -0.397. The topological polar surface area (TPSA) is 55.4 Å². The average molecular weight is 357 g/mol. The molecule has 0 fully saturated rings. The number of carbonyl (C=O) groups is 2. The van der Waals surface area contributed by atoms with Crippen molar-refractivity contribution in [1.82, 2.24) is 5.32 Å². The fourth-order valence-corrected chi connectivity index (χ4v) is 4.20. The molecule has 5 heteroatoms. The summed E-state index contributed by atoms with van der Waals surface area (Å²) in [7, 11) is 0. The largest absolute Gasteiger partial charge is 0.451 e. The first kappa shape index (κ1) is 17.7. The molecule has 0 radical (unpaired) electrons. The van der Waals surface area contributed by atoms with Crippen LogP contribution in [0.4, 0.5) is 0 Å². The summed E-state index contributed by atoms with van der Waals surface area (Å²) in [6.07, 6.45) is 5.01. The quantitative estimate of drug-likeness (QED) is 0.771. The molecular weight excluding hydrogens is 334 g/mol. The van der Waals surface area contributed by atoms with Crippen LogP contribution in [0.2, 0.25) is 0 Å². The highest BCUT2D eigenvalue weighted by molar-refractivity contribution is 7.14. The number of nitrogens with one attached hydrogen (secondary N) is 1. The third-order valence-electron chi connectivity index (χ3n) is 4.40. The van der Waals surface area contributed by atoms with Crippen LogP contribution in [0.1, 0.15) is 45.4 Å². The third kappa shape index (κ3) is 4.92. The number of amides is 1. The Morgan fingerprint density at radius 2 is 2.04 bits per heavy atom. The van der Waals surface area contributed by atoms with Crippen LogP contribution in [-0.2, 0) is 28.8 Å². The van der Waals surface area contributed by atoms with Crippen molar-refractivity contribution in [3.63, 3.8) is 0 Å². The SMILES string of the molecule is C[C@H](CCc1ccccc1)NC(=O)COC(=O)c1cc2c(s1)CCC2. The first-order chi connectivity index (χ1) is 12.1. The molecule has 1 atom stereocenters. The molecule has 0 unspecified atom stereocenters. The number of esters is 1. The van der Waals surface area contributed by atoms with Gasteiger partial charge in [-0.1, -0.05) is 30.3 Å². The van der Waals surface area contributed by atoms with E-state index in [0.717, 1.165) is 25.7 Å². The molecule has 1 aromatic carbocycles. The molecule has 1 heterocycles. The molecule has 1 N–H and O–H groups in total. The van der Waals surface area contributed by atoms with E-state index in [4.69, 9.17) is 4.74 Å². The Labute approximate surface area is 152 Å². The van der Waals surface area contributed by atoms with E-state index >= 15 is 0 Å². The fourth-order valence-electron chi connectivity index (χ4n) is 3.05. The molecule has 0 saturated heterocycles. The minimum Gasteiger partial charge on any atom is -0.451 e. The van der Waals surface area contributed by atoms with Crippen LogP contribution in [0.25, 0.3) is 0 Å². The third-order valence-corrected chi connectivity index (χ3v) is 5.62. The molecule has 0 spiro atoms. The summed E-state index contributed by atoms with van der Waals surface area (Å²) in [5, 5.41) is 2.88. The van der Waals surface area contributed by atoms with Gasteiger partial charge in [-0.2, -0.15) is 0 Å². The average Bonchev–Trinajstić information content (AvgIpc) is 3.21. The summed E-state index contributed by atoms with van der Waals surface area (Å²) in [5.41, 5.74) is 2.51. The Bertz CT molecular complexity index is 717. The molecule has 4 nitrogen and oxygen atoms in total. The Kier molecular flexibility index (Phi) is 5.87. The lowest BCUT2D eigenvalue weighted by Crippen LogP contribution is -2.36. The highest BCUT2D eigenvalue weighted by atomic mass is 32.1. The fraction of sp³-hybridized carbons (Fsp3) is 0.400. The van der Waals surface area contributed by atoms with Crippen LogP contribution >= 0.6 is 11.3 Å². The van der Waals surface area contributed by atoms with Crippen LogP contribution in [0.5, 0.6) is 0 Å². The standard InChI is InChI=1S/C20H23NO3S/c1-14(10-11-15-6-3-2-4-7-15)21-19(22)13-24-20(23)18-12-16-8-5-9-17(16)25-18/h2-4,6-7,12,14H,5,8-11,13H2,1H3,(H,21,22)/t14-/m1/s1. The maximum absolute atomic E-state index is 12.1. The second-order valence-corrected chi connectivity index (χ2v) is 7.62. The number of thiophene rings is 1. The van der Waals surface area contributed by atoms with Crippen molar-refractivity contribution < 1.29 is 14.3 Å². The monoisotopic (exact) mass is 357 g/mol. The maximum atomic E-state index is 12.1. The van der Waals surface area contributed by atoms with Gasteiger partial charge >= 0.3 is 5.97 Å². The molecule has 1 aliphatic carbocycles. The summed E-state index contributed by atoms with van der Waals surface area (Å²) in [5.74, 6) is -0.649. The van der Waals surface area contributed by atoms with Gasteiger partial charge in [-0.05, 0) is 56.2 Å². The summed E-state index contributed by atoms with van der Waals surface area (Å²) in [4.78, 5) is 25.9. The summed E-state index contributed by atoms with van der Waals surface area (Å²) in [6, 6.07) is 12.1. The number of carbonyl (C=O) groups excluding carboxylic acids is 2. The smallest absolute Gasteiger partial charge is 0.348 e. The number of ether oxygens (including phenoxy) is 1.